The third-order valence-electron chi connectivity index (χ3n) is 2.78. The van der Waals surface area contributed by atoms with Crippen LogP contribution in [0, 0.1) is 17.8 Å². The van der Waals surface area contributed by atoms with Crippen LogP contribution in [0.3, 0.4) is 0 Å². The van der Waals surface area contributed by atoms with Gasteiger partial charge < -0.3 is 5.73 Å². The van der Waals surface area contributed by atoms with Gasteiger partial charge in [0.2, 0.25) is 5.91 Å². The summed E-state index contributed by atoms with van der Waals surface area (Å²) in [5, 5.41) is 0. The highest BCUT2D eigenvalue weighted by Crippen LogP contribution is 2.21. The molecule has 0 saturated heterocycles. The molecule has 0 radical (unpaired) electrons. The van der Waals surface area contributed by atoms with Crippen LogP contribution in [-0.2, 0) is 4.79 Å². The third-order valence-corrected chi connectivity index (χ3v) is 2.78. The third kappa shape index (κ3) is 4.11. The molecule has 0 aromatic rings. The molecule has 0 aliphatic rings. The van der Waals surface area contributed by atoms with E-state index in [0.29, 0.717) is 23.3 Å². The Morgan fingerprint density at radius 2 is 1.69 bits per heavy atom. The van der Waals surface area contributed by atoms with Gasteiger partial charge in [-0.3, -0.25) is 4.79 Å². The highest BCUT2D eigenvalue weighted by atomic mass is 16.1. The number of rotatable bonds is 4. The second-order valence-corrected chi connectivity index (χ2v) is 4.18. The smallest absolute Gasteiger partial charge is 0.244 e. The highest BCUT2D eigenvalue weighted by Gasteiger charge is 2.14. The van der Waals surface area contributed by atoms with E-state index in [1.165, 1.54) is 0 Å². The van der Waals surface area contributed by atoms with Gasteiger partial charge in [0.15, 0.2) is 0 Å². The molecule has 13 heavy (non-hydrogen) atoms. The van der Waals surface area contributed by atoms with E-state index in [1.807, 2.05) is 6.08 Å². The van der Waals surface area contributed by atoms with E-state index in [0.717, 1.165) is 0 Å². The summed E-state index contributed by atoms with van der Waals surface area (Å²) in [6, 6.07) is 0. The van der Waals surface area contributed by atoms with E-state index in [-0.39, 0.29) is 5.91 Å². The second kappa shape index (κ2) is 5.05. The fourth-order valence-corrected chi connectivity index (χ4v) is 1.24. The minimum atomic E-state index is -0.317. The van der Waals surface area contributed by atoms with Crippen molar-refractivity contribution in [3.63, 3.8) is 0 Å². The summed E-state index contributed by atoms with van der Waals surface area (Å²) in [4.78, 5) is 10.8. The molecule has 2 atom stereocenters. The summed E-state index contributed by atoms with van der Waals surface area (Å²) in [6.07, 6.45) is 1.97. The van der Waals surface area contributed by atoms with Crippen LogP contribution < -0.4 is 5.73 Å². The SMILES string of the molecule is C/C(=C\[C@H](C)[C@@H](C)C(C)C)C(N)=O. The van der Waals surface area contributed by atoms with E-state index >= 15 is 0 Å². The molecule has 2 nitrogen and oxygen atoms in total. The lowest BCUT2D eigenvalue weighted by Gasteiger charge is -2.20. The molecule has 0 aliphatic heterocycles. The molecule has 0 saturated carbocycles. The maximum absolute atomic E-state index is 10.8. The number of nitrogens with two attached hydrogens (primary N) is 1. The number of amides is 1. The Labute approximate surface area is 81.2 Å². The van der Waals surface area contributed by atoms with E-state index in [2.05, 4.69) is 27.7 Å². The average Bonchev–Trinajstić information content (AvgIpc) is 2.02. The van der Waals surface area contributed by atoms with Crippen molar-refractivity contribution < 1.29 is 4.79 Å². The minimum Gasteiger partial charge on any atom is -0.366 e. The number of carbonyl (C=O) groups is 1. The van der Waals surface area contributed by atoms with Crippen LogP contribution in [-0.4, -0.2) is 5.91 Å². The van der Waals surface area contributed by atoms with Crippen molar-refractivity contribution in [2.75, 3.05) is 0 Å². The van der Waals surface area contributed by atoms with Gasteiger partial charge >= 0.3 is 0 Å². The largest absolute Gasteiger partial charge is 0.366 e. The van der Waals surface area contributed by atoms with E-state index in [1.54, 1.807) is 6.92 Å². The van der Waals surface area contributed by atoms with Crippen molar-refractivity contribution in [3.8, 4) is 0 Å². The molecule has 0 spiro atoms. The van der Waals surface area contributed by atoms with E-state index in [9.17, 15) is 4.79 Å². The lowest BCUT2D eigenvalue weighted by molar-refractivity contribution is -0.114. The van der Waals surface area contributed by atoms with Gasteiger partial charge in [-0.2, -0.15) is 0 Å². The minimum absolute atomic E-state index is 0.317. The second-order valence-electron chi connectivity index (χ2n) is 4.18. The van der Waals surface area contributed by atoms with Gasteiger partial charge in [-0.1, -0.05) is 33.8 Å². The summed E-state index contributed by atoms with van der Waals surface area (Å²) in [5.74, 6) is 1.30. The summed E-state index contributed by atoms with van der Waals surface area (Å²) < 4.78 is 0. The Morgan fingerprint density at radius 3 is 2.00 bits per heavy atom. The zero-order valence-corrected chi connectivity index (χ0v) is 9.29. The van der Waals surface area contributed by atoms with Gasteiger partial charge in [0, 0.05) is 5.57 Å². The Balaban J connectivity index is 4.36. The van der Waals surface area contributed by atoms with E-state index in [4.69, 9.17) is 5.73 Å². The van der Waals surface area contributed by atoms with E-state index < -0.39 is 0 Å². The Hall–Kier alpha value is -0.790. The number of hydrogen-bond acceptors (Lipinski definition) is 1. The molecule has 0 aromatic heterocycles. The monoisotopic (exact) mass is 183 g/mol. The lowest BCUT2D eigenvalue weighted by Crippen LogP contribution is -2.16. The number of allylic oxidation sites excluding steroid dienone is 1. The standard InChI is InChI=1S/C11H21NO/c1-7(2)10(5)8(3)6-9(4)11(12)13/h6-8,10H,1-5H3,(H2,12,13)/b9-6+/t8-,10-/m0/s1. The quantitative estimate of drug-likeness (QED) is 0.668. The summed E-state index contributed by atoms with van der Waals surface area (Å²) in [5.41, 5.74) is 5.82. The Bertz CT molecular complexity index is 206. The van der Waals surface area contributed by atoms with Crippen molar-refractivity contribution in [3.05, 3.63) is 11.6 Å². The van der Waals surface area contributed by atoms with Crippen LogP contribution in [0.15, 0.2) is 11.6 Å². The van der Waals surface area contributed by atoms with Crippen molar-refractivity contribution in [1.82, 2.24) is 0 Å². The van der Waals surface area contributed by atoms with Crippen LogP contribution in [0.1, 0.15) is 34.6 Å². The topological polar surface area (TPSA) is 43.1 Å². The first-order valence-corrected chi connectivity index (χ1v) is 4.84. The zero-order valence-electron chi connectivity index (χ0n) is 9.29. The number of carbonyl (C=O) groups excluding carboxylic acids is 1. The fraction of sp³-hybridized carbons (Fsp3) is 0.727. The lowest BCUT2D eigenvalue weighted by atomic mass is 9.85. The summed E-state index contributed by atoms with van der Waals surface area (Å²) >= 11 is 0. The molecular formula is C11H21NO. The van der Waals surface area contributed by atoms with Crippen LogP contribution in [0.4, 0.5) is 0 Å². The molecule has 2 N–H and O–H groups in total. The molecular weight excluding hydrogens is 162 g/mol. The van der Waals surface area contributed by atoms with Crippen LogP contribution >= 0.6 is 0 Å². The van der Waals surface area contributed by atoms with Crippen molar-refractivity contribution >= 4 is 5.91 Å². The maximum atomic E-state index is 10.8. The Morgan fingerprint density at radius 1 is 1.23 bits per heavy atom. The van der Waals surface area contributed by atoms with Gasteiger partial charge in [-0.25, -0.2) is 0 Å². The van der Waals surface area contributed by atoms with Crippen LogP contribution in [0.5, 0.6) is 0 Å². The van der Waals surface area contributed by atoms with Gasteiger partial charge in [0.1, 0.15) is 0 Å². The molecule has 0 fully saturated rings. The predicted molar refractivity (Wildman–Crippen MR) is 56.1 cm³/mol. The highest BCUT2D eigenvalue weighted by molar-refractivity contribution is 5.91. The molecule has 0 heterocycles. The normalized spacial score (nSPS) is 17.2. The van der Waals surface area contributed by atoms with Gasteiger partial charge in [0.05, 0.1) is 0 Å². The fourth-order valence-electron chi connectivity index (χ4n) is 1.24. The summed E-state index contributed by atoms with van der Waals surface area (Å²) in [6.45, 7) is 10.5. The molecule has 0 bridgehead atoms. The first kappa shape index (κ1) is 12.2. The van der Waals surface area contributed by atoms with Gasteiger partial charge in [0.25, 0.3) is 0 Å². The average molecular weight is 183 g/mol. The zero-order chi connectivity index (χ0) is 10.6. The summed E-state index contributed by atoms with van der Waals surface area (Å²) in [7, 11) is 0. The number of hydrogen-bond donors (Lipinski definition) is 1. The van der Waals surface area contributed by atoms with Gasteiger partial charge in [-0.15, -0.1) is 0 Å². The van der Waals surface area contributed by atoms with Crippen molar-refractivity contribution in [1.29, 1.82) is 0 Å². The van der Waals surface area contributed by atoms with Crippen molar-refractivity contribution in [2.45, 2.75) is 34.6 Å². The first-order chi connectivity index (χ1) is 5.86. The molecule has 0 aliphatic carbocycles. The van der Waals surface area contributed by atoms with Crippen LogP contribution in [0.25, 0.3) is 0 Å². The molecule has 0 rings (SSSR count). The van der Waals surface area contributed by atoms with Gasteiger partial charge in [-0.05, 0) is 24.7 Å². The molecule has 0 unspecified atom stereocenters. The maximum Gasteiger partial charge on any atom is 0.244 e. The van der Waals surface area contributed by atoms with Crippen LogP contribution in [0.2, 0.25) is 0 Å². The first-order valence-electron chi connectivity index (χ1n) is 4.84. The number of primary amides is 1. The molecule has 1 amide bonds. The predicted octanol–water partition coefficient (Wildman–Crippen LogP) is 2.35. The molecule has 2 heteroatoms. The Kier molecular flexibility index (Phi) is 4.74. The molecule has 76 valence electrons. The van der Waals surface area contributed by atoms with Crippen molar-refractivity contribution in [2.24, 2.45) is 23.5 Å². The molecule has 0 aromatic carbocycles.